The van der Waals surface area contributed by atoms with E-state index in [2.05, 4.69) is 5.10 Å². The molecule has 2 rings (SSSR count). The molecule has 2 aromatic rings. The van der Waals surface area contributed by atoms with Crippen molar-refractivity contribution < 1.29 is 22.9 Å². The van der Waals surface area contributed by atoms with E-state index in [9.17, 15) is 23.3 Å². The molecule has 0 saturated heterocycles. The Morgan fingerprint density at radius 2 is 1.96 bits per heavy atom. The maximum atomic E-state index is 12.8. The lowest BCUT2D eigenvalue weighted by molar-refractivity contribution is -0.387. The van der Waals surface area contributed by atoms with Gasteiger partial charge in [-0.2, -0.15) is 17.6 Å². The van der Waals surface area contributed by atoms with E-state index >= 15 is 0 Å². The maximum Gasteiger partial charge on any atom is 0.341 e. The molecule has 9 nitrogen and oxygen atoms in total. The highest BCUT2D eigenvalue weighted by Crippen LogP contribution is 2.27. The van der Waals surface area contributed by atoms with Gasteiger partial charge in [-0.3, -0.25) is 10.1 Å². The Morgan fingerprint density at radius 3 is 2.54 bits per heavy atom. The summed E-state index contributed by atoms with van der Waals surface area (Å²) in [5.41, 5.74) is -0.348. The number of nitrogens with zero attached hydrogens (tertiary/aromatic N) is 3. The monoisotopic (exact) mass is 353 g/mol. The van der Waals surface area contributed by atoms with Crippen molar-refractivity contribution >= 4 is 21.7 Å². The zero-order valence-corrected chi connectivity index (χ0v) is 14.0. The Balaban J connectivity index is 2.67. The molecule has 0 unspecified atom stereocenters. The Kier molecular flexibility index (Phi) is 4.69. The van der Waals surface area contributed by atoms with Crippen LogP contribution >= 0.6 is 0 Å². The van der Waals surface area contributed by atoms with Crippen LogP contribution in [0.5, 0.6) is 0 Å². The van der Waals surface area contributed by atoms with Crippen LogP contribution in [0.1, 0.15) is 28.7 Å². The van der Waals surface area contributed by atoms with Crippen molar-refractivity contribution in [3.63, 3.8) is 0 Å². The maximum absolute atomic E-state index is 12.8. The molecule has 0 aliphatic rings. The van der Waals surface area contributed by atoms with Crippen LogP contribution in [0.15, 0.2) is 29.2 Å². The summed E-state index contributed by atoms with van der Waals surface area (Å²) in [4.78, 5) is 21.8. The molecule has 1 aromatic carbocycles. The lowest BCUT2D eigenvalue weighted by Gasteiger charge is -2.07. The van der Waals surface area contributed by atoms with Crippen LogP contribution in [0.2, 0.25) is 0 Å². The van der Waals surface area contributed by atoms with E-state index in [4.69, 9.17) is 4.74 Å². The van der Waals surface area contributed by atoms with E-state index in [-0.39, 0.29) is 23.6 Å². The van der Waals surface area contributed by atoms with Gasteiger partial charge in [-0.15, -0.1) is 0 Å². The van der Waals surface area contributed by atoms with Crippen molar-refractivity contribution in [3.8, 4) is 0 Å². The van der Waals surface area contributed by atoms with Crippen molar-refractivity contribution in [2.75, 3.05) is 6.61 Å². The first kappa shape index (κ1) is 17.6. The molecule has 0 N–H and O–H groups in total. The molecule has 0 aliphatic carbocycles. The number of esters is 1. The van der Waals surface area contributed by atoms with Gasteiger partial charge in [-0.25, -0.2) is 4.79 Å². The number of para-hydroxylation sites is 1. The van der Waals surface area contributed by atoms with Gasteiger partial charge in [0.05, 0.1) is 22.9 Å². The molecule has 0 aliphatic heterocycles. The number of carbonyl (C=O) groups excluding carboxylic acids is 1. The van der Waals surface area contributed by atoms with Crippen LogP contribution in [0, 0.1) is 24.0 Å². The van der Waals surface area contributed by atoms with E-state index in [0.29, 0.717) is 4.09 Å². The summed E-state index contributed by atoms with van der Waals surface area (Å²) in [5.74, 6) is -0.698. The first-order valence-electron chi connectivity index (χ1n) is 6.94. The van der Waals surface area contributed by atoms with E-state index in [1.54, 1.807) is 6.92 Å². The highest BCUT2D eigenvalue weighted by molar-refractivity contribution is 7.90. The average molecular weight is 353 g/mol. The predicted molar refractivity (Wildman–Crippen MR) is 83.3 cm³/mol. The SMILES string of the molecule is CCOC(=O)c1c(C)nn(S(=O)(=O)c2ccccc2[N+](=O)[O-])c1C. The summed E-state index contributed by atoms with van der Waals surface area (Å²) in [6.07, 6.45) is 0. The topological polar surface area (TPSA) is 121 Å². The largest absolute Gasteiger partial charge is 0.462 e. The van der Waals surface area contributed by atoms with Gasteiger partial charge in [0.25, 0.3) is 15.7 Å². The van der Waals surface area contributed by atoms with Crippen molar-refractivity contribution in [2.24, 2.45) is 0 Å². The number of nitro groups is 1. The second kappa shape index (κ2) is 6.40. The normalized spacial score (nSPS) is 11.3. The van der Waals surface area contributed by atoms with Crippen molar-refractivity contribution in [1.82, 2.24) is 9.19 Å². The van der Waals surface area contributed by atoms with Gasteiger partial charge >= 0.3 is 5.97 Å². The molecule has 0 spiro atoms. The summed E-state index contributed by atoms with van der Waals surface area (Å²) in [7, 11) is -4.34. The van der Waals surface area contributed by atoms with Crippen molar-refractivity contribution in [1.29, 1.82) is 0 Å². The molecule has 0 atom stereocenters. The van der Waals surface area contributed by atoms with E-state index in [1.165, 1.54) is 26.0 Å². The molecular formula is C14H15N3O6S. The van der Waals surface area contributed by atoms with Crippen LogP contribution in [-0.4, -0.2) is 35.1 Å². The number of aryl methyl sites for hydroxylation is 1. The van der Waals surface area contributed by atoms with E-state index < -0.39 is 31.5 Å². The molecule has 128 valence electrons. The third-order valence-corrected chi connectivity index (χ3v) is 5.01. The van der Waals surface area contributed by atoms with Gasteiger partial charge in [-0.1, -0.05) is 12.1 Å². The minimum Gasteiger partial charge on any atom is -0.462 e. The second-order valence-electron chi connectivity index (χ2n) is 4.84. The van der Waals surface area contributed by atoms with E-state index in [0.717, 1.165) is 12.1 Å². The lowest BCUT2D eigenvalue weighted by Crippen LogP contribution is -2.18. The minimum absolute atomic E-state index is 0.0269. The molecule has 10 heteroatoms. The summed E-state index contributed by atoms with van der Waals surface area (Å²) in [6, 6.07) is 4.94. The van der Waals surface area contributed by atoms with Crippen LogP contribution in [-0.2, 0) is 14.8 Å². The molecular weight excluding hydrogens is 338 g/mol. The molecule has 24 heavy (non-hydrogen) atoms. The van der Waals surface area contributed by atoms with Gasteiger partial charge in [-0.05, 0) is 26.8 Å². The summed E-state index contributed by atoms with van der Waals surface area (Å²) >= 11 is 0. The standard InChI is InChI=1S/C14H15N3O6S/c1-4-23-14(18)13-9(2)15-16(10(13)3)24(21,22)12-8-6-5-7-11(12)17(19)20/h5-8H,4H2,1-3H3. The fourth-order valence-corrected chi connectivity index (χ4v) is 3.80. The first-order chi connectivity index (χ1) is 11.2. The number of hydrogen-bond acceptors (Lipinski definition) is 7. The Labute approximate surface area is 138 Å². The fourth-order valence-electron chi connectivity index (χ4n) is 2.27. The number of carbonyl (C=O) groups is 1. The van der Waals surface area contributed by atoms with E-state index in [1.807, 2.05) is 0 Å². The van der Waals surface area contributed by atoms with Gasteiger partial charge in [0.2, 0.25) is 0 Å². The molecule has 1 aromatic heterocycles. The highest BCUT2D eigenvalue weighted by atomic mass is 32.2. The number of benzene rings is 1. The van der Waals surface area contributed by atoms with Gasteiger partial charge in [0, 0.05) is 6.07 Å². The number of aromatic nitrogens is 2. The fraction of sp³-hybridized carbons (Fsp3) is 0.286. The molecule has 0 radical (unpaired) electrons. The zero-order chi connectivity index (χ0) is 18.1. The Bertz CT molecular complexity index is 917. The molecule has 0 fully saturated rings. The molecule has 0 amide bonds. The molecule has 0 bridgehead atoms. The van der Waals surface area contributed by atoms with Gasteiger partial charge in [0.15, 0.2) is 4.90 Å². The minimum atomic E-state index is -4.34. The second-order valence-corrected chi connectivity index (χ2v) is 6.57. The zero-order valence-electron chi connectivity index (χ0n) is 13.2. The molecule has 1 heterocycles. The van der Waals surface area contributed by atoms with Crippen molar-refractivity contribution in [3.05, 3.63) is 51.3 Å². The smallest absolute Gasteiger partial charge is 0.341 e. The number of nitro benzene ring substituents is 1. The summed E-state index contributed by atoms with van der Waals surface area (Å²) in [5, 5.41) is 15.0. The lowest BCUT2D eigenvalue weighted by atomic mass is 10.2. The van der Waals surface area contributed by atoms with Gasteiger partial charge < -0.3 is 4.74 Å². The molecule has 0 saturated carbocycles. The summed E-state index contributed by atoms with van der Waals surface area (Å²) in [6.45, 7) is 4.60. The third kappa shape index (κ3) is 2.87. The highest BCUT2D eigenvalue weighted by Gasteiger charge is 2.32. The van der Waals surface area contributed by atoms with Gasteiger partial charge in [0.1, 0.15) is 5.56 Å². The Hall–Kier alpha value is -2.75. The Morgan fingerprint density at radius 1 is 1.33 bits per heavy atom. The number of hydrogen-bond donors (Lipinski definition) is 0. The van der Waals surface area contributed by atoms with Crippen LogP contribution in [0.4, 0.5) is 5.69 Å². The predicted octanol–water partition coefficient (Wildman–Crippen LogP) is 1.82. The number of ether oxygens (including phenoxy) is 1. The first-order valence-corrected chi connectivity index (χ1v) is 8.38. The van der Waals surface area contributed by atoms with Crippen molar-refractivity contribution in [2.45, 2.75) is 25.7 Å². The van der Waals surface area contributed by atoms with Crippen LogP contribution in [0.25, 0.3) is 0 Å². The third-order valence-electron chi connectivity index (χ3n) is 3.30. The number of rotatable bonds is 5. The summed E-state index contributed by atoms with van der Waals surface area (Å²) < 4.78 is 31.0. The van der Waals surface area contributed by atoms with Crippen LogP contribution < -0.4 is 0 Å². The quantitative estimate of drug-likeness (QED) is 0.456. The average Bonchev–Trinajstić information content (AvgIpc) is 2.83. The van der Waals surface area contributed by atoms with Crippen LogP contribution in [0.3, 0.4) is 0 Å².